The molecule has 1 aliphatic heterocycles. The standard InChI is InChI=1S/C15H18N4O2/c1-2-20-14-8-13(17-10-18-14)19-12-5-7-21-15(12)11-4-3-6-16-9-11/h3-4,6,8-10,12,15H,2,5,7H2,1H3,(H,17,18,19)/t12-,15+/m0/s1. The minimum absolute atomic E-state index is 0.00999. The van der Waals surface area contributed by atoms with Gasteiger partial charge in [-0.15, -0.1) is 0 Å². The molecule has 6 nitrogen and oxygen atoms in total. The zero-order valence-corrected chi connectivity index (χ0v) is 11.9. The topological polar surface area (TPSA) is 69.2 Å². The molecule has 0 amide bonds. The fourth-order valence-corrected chi connectivity index (χ4v) is 2.45. The fourth-order valence-electron chi connectivity index (χ4n) is 2.45. The third kappa shape index (κ3) is 3.28. The maximum atomic E-state index is 5.82. The van der Waals surface area contributed by atoms with E-state index in [-0.39, 0.29) is 12.1 Å². The highest BCUT2D eigenvalue weighted by atomic mass is 16.5. The van der Waals surface area contributed by atoms with Crippen molar-refractivity contribution in [2.24, 2.45) is 0 Å². The molecule has 1 aliphatic rings. The Balaban J connectivity index is 1.73. The number of hydrogen-bond acceptors (Lipinski definition) is 6. The van der Waals surface area contributed by atoms with E-state index in [0.717, 1.165) is 24.4 Å². The van der Waals surface area contributed by atoms with E-state index in [1.165, 1.54) is 6.33 Å². The first-order valence-electron chi connectivity index (χ1n) is 7.09. The highest BCUT2D eigenvalue weighted by Crippen LogP contribution is 2.30. The van der Waals surface area contributed by atoms with Gasteiger partial charge in [-0.1, -0.05) is 6.07 Å². The second-order valence-corrected chi connectivity index (χ2v) is 4.79. The molecule has 0 bridgehead atoms. The van der Waals surface area contributed by atoms with Crippen molar-refractivity contribution in [3.05, 3.63) is 42.5 Å². The number of ether oxygens (including phenoxy) is 2. The van der Waals surface area contributed by atoms with Gasteiger partial charge in [0.2, 0.25) is 5.88 Å². The maximum Gasteiger partial charge on any atom is 0.218 e. The van der Waals surface area contributed by atoms with Crippen LogP contribution in [0.15, 0.2) is 36.9 Å². The van der Waals surface area contributed by atoms with E-state index in [1.807, 2.05) is 31.3 Å². The first-order valence-corrected chi connectivity index (χ1v) is 7.09. The number of rotatable bonds is 5. The van der Waals surface area contributed by atoms with Crippen LogP contribution in [0.5, 0.6) is 5.88 Å². The molecule has 1 fully saturated rings. The van der Waals surface area contributed by atoms with Gasteiger partial charge in [-0.2, -0.15) is 0 Å². The Labute approximate surface area is 123 Å². The van der Waals surface area contributed by atoms with Crippen LogP contribution in [0.4, 0.5) is 5.82 Å². The average molecular weight is 286 g/mol. The number of nitrogens with zero attached hydrogens (tertiary/aromatic N) is 3. The van der Waals surface area contributed by atoms with Crippen LogP contribution in [0.25, 0.3) is 0 Å². The van der Waals surface area contributed by atoms with E-state index >= 15 is 0 Å². The summed E-state index contributed by atoms with van der Waals surface area (Å²) < 4.78 is 11.2. The Kier molecular flexibility index (Phi) is 4.25. The normalized spacial score (nSPS) is 21.2. The van der Waals surface area contributed by atoms with Crippen LogP contribution in [0.2, 0.25) is 0 Å². The lowest BCUT2D eigenvalue weighted by Crippen LogP contribution is -2.23. The molecule has 6 heteroatoms. The lowest BCUT2D eigenvalue weighted by Gasteiger charge is -2.20. The number of anilines is 1. The van der Waals surface area contributed by atoms with E-state index < -0.39 is 0 Å². The summed E-state index contributed by atoms with van der Waals surface area (Å²) in [6.07, 6.45) is 6.02. The SMILES string of the molecule is CCOc1cc(N[C@H]2CCO[C@@H]2c2cccnc2)ncn1. The van der Waals surface area contributed by atoms with E-state index in [4.69, 9.17) is 9.47 Å². The van der Waals surface area contributed by atoms with Crippen molar-refractivity contribution in [3.63, 3.8) is 0 Å². The molecule has 0 saturated carbocycles. The molecule has 2 atom stereocenters. The molecule has 1 N–H and O–H groups in total. The smallest absolute Gasteiger partial charge is 0.218 e. The zero-order chi connectivity index (χ0) is 14.5. The Bertz CT molecular complexity index is 579. The second kappa shape index (κ2) is 6.49. The third-order valence-corrected chi connectivity index (χ3v) is 3.37. The molecule has 3 heterocycles. The molecule has 0 unspecified atom stereocenters. The van der Waals surface area contributed by atoms with E-state index in [1.54, 1.807) is 6.20 Å². The van der Waals surface area contributed by atoms with E-state index in [2.05, 4.69) is 20.3 Å². The minimum Gasteiger partial charge on any atom is -0.478 e. The molecule has 110 valence electrons. The Hall–Kier alpha value is -2.21. The number of pyridine rings is 1. The minimum atomic E-state index is -0.00999. The molecule has 0 spiro atoms. The summed E-state index contributed by atoms with van der Waals surface area (Å²) in [4.78, 5) is 12.5. The summed E-state index contributed by atoms with van der Waals surface area (Å²) in [5.74, 6) is 1.32. The Morgan fingerprint density at radius 1 is 1.43 bits per heavy atom. The first kappa shape index (κ1) is 13.8. The van der Waals surface area contributed by atoms with Gasteiger partial charge in [0.25, 0.3) is 0 Å². The van der Waals surface area contributed by atoms with Gasteiger partial charge in [-0.05, 0) is 19.4 Å². The molecule has 21 heavy (non-hydrogen) atoms. The van der Waals surface area contributed by atoms with Gasteiger partial charge in [0, 0.05) is 30.6 Å². The lowest BCUT2D eigenvalue weighted by atomic mass is 10.0. The van der Waals surface area contributed by atoms with Crippen LogP contribution in [0.1, 0.15) is 25.0 Å². The summed E-state index contributed by atoms with van der Waals surface area (Å²) in [5, 5.41) is 3.40. The zero-order valence-electron chi connectivity index (χ0n) is 11.9. The van der Waals surface area contributed by atoms with Crippen molar-refractivity contribution in [2.45, 2.75) is 25.5 Å². The van der Waals surface area contributed by atoms with Gasteiger partial charge in [0.15, 0.2) is 0 Å². The van der Waals surface area contributed by atoms with Gasteiger partial charge in [0.1, 0.15) is 18.2 Å². The molecule has 0 aromatic carbocycles. The van der Waals surface area contributed by atoms with Crippen LogP contribution >= 0.6 is 0 Å². The highest BCUT2D eigenvalue weighted by Gasteiger charge is 2.30. The van der Waals surface area contributed by atoms with Crippen LogP contribution < -0.4 is 10.1 Å². The summed E-state index contributed by atoms with van der Waals surface area (Å²) in [6, 6.07) is 5.93. The summed E-state index contributed by atoms with van der Waals surface area (Å²) >= 11 is 0. The van der Waals surface area contributed by atoms with Crippen molar-refractivity contribution in [2.75, 3.05) is 18.5 Å². The van der Waals surface area contributed by atoms with Crippen LogP contribution in [-0.2, 0) is 4.74 Å². The van der Waals surface area contributed by atoms with Crippen molar-refractivity contribution in [1.82, 2.24) is 15.0 Å². The third-order valence-electron chi connectivity index (χ3n) is 3.37. The van der Waals surface area contributed by atoms with Crippen LogP contribution in [0.3, 0.4) is 0 Å². The lowest BCUT2D eigenvalue weighted by molar-refractivity contribution is 0.107. The van der Waals surface area contributed by atoms with Gasteiger partial charge in [-0.3, -0.25) is 4.98 Å². The van der Waals surface area contributed by atoms with Crippen molar-refractivity contribution in [3.8, 4) is 5.88 Å². The van der Waals surface area contributed by atoms with Crippen molar-refractivity contribution < 1.29 is 9.47 Å². The predicted octanol–water partition coefficient (Wildman–Crippen LogP) is 2.21. The van der Waals surface area contributed by atoms with Gasteiger partial charge in [-0.25, -0.2) is 9.97 Å². The molecular formula is C15H18N4O2. The number of nitrogens with one attached hydrogen (secondary N) is 1. The maximum absolute atomic E-state index is 5.82. The van der Waals surface area contributed by atoms with Crippen LogP contribution in [0, 0.1) is 0 Å². The van der Waals surface area contributed by atoms with E-state index in [0.29, 0.717) is 12.5 Å². The monoisotopic (exact) mass is 286 g/mol. The first-order chi connectivity index (χ1) is 10.4. The second-order valence-electron chi connectivity index (χ2n) is 4.79. The number of aromatic nitrogens is 3. The molecule has 2 aromatic heterocycles. The largest absolute Gasteiger partial charge is 0.478 e. The van der Waals surface area contributed by atoms with Gasteiger partial charge >= 0.3 is 0 Å². The molecule has 0 radical (unpaired) electrons. The van der Waals surface area contributed by atoms with Gasteiger partial charge < -0.3 is 14.8 Å². The highest BCUT2D eigenvalue weighted by molar-refractivity contribution is 5.39. The summed E-state index contributed by atoms with van der Waals surface area (Å²) in [6.45, 7) is 3.24. The molecular weight excluding hydrogens is 268 g/mol. The van der Waals surface area contributed by atoms with Crippen LogP contribution in [-0.4, -0.2) is 34.2 Å². The molecule has 3 rings (SSSR count). The quantitative estimate of drug-likeness (QED) is 0.909. The molecule has 2 aromatic rings. The van der Waals surface area contributed by atoms with Gasteiger partial charge in [0.05, 0.1) is 12.6 Å². The summed E-state index contributed by atoms with van der Waals surface area (Å²) in [7, 11) is 0. The predicted molar refractivity (Wildman–Crippen MR) is 78.2 cm³/mol. The Morgan fingerprint density at radius 2 is 2.38 bits per heavy atom. The van der Waals surface area contributed by atoms with Crippen molar-refractivity contribution in [1.29, 1.82) is 0 Å². The van der Waals surface area contributed by atoms with Crippen molar-refractivity contribution >= 4 is 5.82 Å². The number of hydrogen-bond donors (Lipinski definition) is 1. The average Bonchev–Trinajstić information content (AvgIpc) is 2.97. The van der Waals surface area contributed by atoms with E-state index in [9.17, 15) is 0 Å². The fraction of sp³-hybridized carbons (Fsp3) is 0.400. The Morgan fingerprint density at radius 3 is 3.19 bits per heavy atom. The molecule has 0 aliphatic carbocycles. The molecule has 1 saturated heterocycles. The summed E-state index contributed by atoms with van der Waals surface area (Å²) in [5.41, 5.74) is 1.08.